The highest BCUT2D eigenvalue weighted by atomic mass is 14.9. The number of hydrogen-bond acceptors (Lipinski definition) is 1. The molecule has 0 bridgehead atoms. The molecule has 0 heterocycles. The van der Waals surface area contributed by atoms with Gasteiger partial charge < -0.3 is 5.32 Å². The molecule has 0 fully saturated rings. The van der Waals surface area contributed by atoms with Gasteiger partial charge in [-0.2, -0.15) is 0 Å². The second-order valence-electron chi connectivity index (χ2n) is 3.30. The quantitative estimate of drug-likeness (QED) is 0.594. The molecule has 1 heteroatoms. The SMILES string of the molecule is CN[C@H](C=C(C)C)C(C)C. The van der Waals surface area contributed by atoms with Crippen molar-refractivity contribution in [1.29, 1.82) is 0 Å². The Morgan fingerprint density at radius 1 is 1.30 bits per heavy atom. The van der Waals surface area contributed by atoms with E-state index in [4.69, 9.17) is 0 Å². The van der Waals surface area contributed by atoms with Gasteiger partial charge in [-0.25, -0.2) is 0 Å². The topological polar surface area (TPSA) is 12.0 Å². The van der Waals surface area contributed by atoms with Crippen LogP contribution >= 0.6 is 0 Å². The minimum Gasteiger partial charge on any atom is -0.313 e. The van der Waals surface area contributed by atoms with E-state index in [1.54, 1.807) is 0 Å². The summed E-state index contributed by atoms with van der Waals surface area (Å²) < 4.78 is 0. The standard InChI is InChI=1S/C9H19N/c1-7(2)6-9(10-5)8(3)4/h6,8-10H,1-5H3/t9-/m1/s1. The molecule has 0 spiro atoms. The van der Waals surface area contributed by atoms with Gasteiger partial charge in [0.1, 0.15) is 0 Å². The van der Waals surface area contributed by atoms with Gasteiger partial charge in [0.15, 0.2) is 0 Å². The first-order chi connectivity index (χ1) is 4.57. The number of rotatable bonds is 3. The summed E-state index contributed by atoms with van der Waals surface area (Å²) in [5.41, 5.74) is 1.38. The summed E-state index contributed by atoms with van der Waals surface area (Å²) >= 11 is 0. The molecule has 0 rings (SSSR count). The third-order valence-corrected chi connectivity index (χ3v) is 1.56. The Morgan fingerprint density at radius 2 is 1.80 bits per heavy atom. The van der Waals surface area contributed by atoms with E-state index < -0.39 is 0 Å². The largest absolute Gasteiger partial charge is 0.313 e. The molecule has 0 aliphatic rings. The highest BCUT2D eigenvalue weighted by molar-refractivity contribution is 5.01. The molecule has 0 aromatic carbocycles. The van der Waals surface area contributed by atoms with Gasteiger partial charge in [0.05, 0.1) is 0 Å². The molecular formula is C9H19N. The van der Waals surface area contributed by atoms with Crippen molar-refractivity contribution in [2.45, 2.75) is 33.7 Å². The predicted octanol–water partition coefficient (Wildman–Crippen LogP) is 2.20. The van der Waals surface area contributed by atoms with Crippen molar-refractivity contribution in [1.82, 2.24) is 5.32 Å². The molecule has 1 nitrogen and oxygen atoms in total. The third-order valence-electron chi connectivity index (χ3n) is 1.56. The maximum atomic E-state index is 3.26. The fraction of sp³-hybridized carbons (Fsp3) is 0.778. The van der Waals surface area contributed by atoms with E-state index in [9.17, 15) is 0 Å². The smallest absolute Gasteiger partial charge is 0.0272 e. The lowest BCUT2D eigenvalue weighted by atomic mass is 10.0. The lowest BCUT2D eigenvalue weighted by Gasteiger charge is -2.16. The number of hydrogen-bond donors (Lipinski definition) is 1. The first kappa shape index (κ1) is 9.70. The van der Waals surface area contributed by atoms with Gasteiger partial charge in [-0.1, -0.05) is 25.5 Å². The van der Waals surface area contributed by atoms with Gasteiger partial charge in [0, 0.05) is 6.04 Å². The zero-order valence-electron chi connectivity index (χ0n) is 7.73. The van der Waals surface area contributed by atoms with Gasteiger partial charge in [-0.05, 0) is 26.8 Å². The maximum Gasteiger partial charge on any atom is 0.0272 e. The van der Waals surface area contributed by atoms with Crippen LogP contribution in [0.1, 0.15) is 27.7 Å². The van der Waals surface area contributed by atoms with Crippen molar-refractivity contribution in [3.63, 3.8) is 0 Å². The number of nitrogens with one attached hydrogen (secondary N) is 1. The van der Waals surface area contributed by atoms with Gasteiger partial charge >= 0.3 is 0 Å². The molecule has 0 saturated heterocycles. The summed E-state index contributed by atoms with van der Waals surface area (Å²) in [7, 11) is 2.00. The van der Waals surface area contributed by atoms with Crippen molar-refractivity contribution < 1.29 is 0 Å². The van der Waals surface area contributed by atoms with Crippen LogP contribution in [0.4, 0.5) is 0 Å². The van der Waals surface area contributed by atoms with Gasteiger partial charge in [-0.3, -0.25) is 0 Å². The number of allylic oxidation sites excluding steroid dienone is 1. The Hall–Kier alpha value is -0.300. The maximum absolute atomic E-state index is 3.26. The van der Waals surface area contributed by atoms with E-state index in [0.29, 0.717) is 12.0 Å². The number of likely N-dealkylation sites (N-methyl/N-ethyl adjacent to an activating group) is 1. The first-order valence-electron chi connectivity index (χ1n) is 3.90. The highest BCUT2D eigenvalue weighted by Gasteiger charge is 2.05. The molecule has 0 aliphatic carbocycles. The third kappa shape index (κ3) is 3.67. The molecule has 0 unspecified atom stereocenters. The fourth-order valence-electron chi connectivity index (χ4n) is 0.968. The summed E-state index contributed by atoms with van der Waals surface area (Å²) in [6.07, 6.45) is 2.27. The van der Waals surface area contributed by atoms with Crippen molar-refractivity contribution in [3.05, 3.63) is 11.6 Å². The van der Waals surface area contributed by atoms with Crippen LogP contribution in [0.3, 0.4) is 0 Å². The minimum atomic E-state index is 0.532. The van der Waals surface area contributed by atoms with E-state index in [-0.39, 0.29) is 0 Å². The Morgan fingerprint density at radius 3 is 1.90 bits per heavy atom. The highest BCUT2D eigenvalue weighted by Crippen LogP contribution is 2.04. The van der Waals surface area contributed by atoms with E-state index in [2.05, 4.69) is 39.1 Å². The van der Waals surface area contributed by atoms with Crippen molar-refractivity contribution in [3.8, 4) is 0 Å². The van der Waals surface area contributed by atoms with Crippen LogP contribution in [-0.2, 0) is 0 Å². The molecule has 0 aromatic rings. The molecule has 0 saturated carbocycles. The Kier molecular flexibility index (Phi) is 4.37. The summed E-state index contributed by atoms with van der Waals surface area (Å²) in [6.45, 7) is 8.71. The van der Waals surface area contributed by atoms with Crippen LogP contribution in [0.2, 0.25) is 0 Å². The molecule has 0 radical (unpaired) electrons. The van der Waals surface area contributed by atoms with Gasteiger partial charge in [0.2, 0.25) is 0 Å². The molecular weight excluding hydrogens is 122 g/mol. The average Bonchev–Trinajstić information content (AvgIpc) is 1.81. The Bertz CT molecular complexity index is 110. The zero-order chi connectivity index (χ0) is 8.15. The van der Waals surface area contributed by atoms with Gasteiger partial charge in [0.25, 0.3) is 0 Å². The summed E-state index contributed by atoms with van der Waals surface area (Å²) in [4.78, 5) is 0. The molecule has 0 aliphatic heterocycles. The normalized spacial score (nSPS) is 13.4. The van der Waals surface area contributed by atoms with Crippen LogP contribution in [0.5, 0.6) is 0 Å². The van der Waals surface area contributed by atoms with Crippen LogP contribution in [0, 0.1) is 5.92 Å². The van der Waals surface area contributed by atoms with E-state index in [1.165, 1.54) is 5.57 Å². The molecule has 0 aromatic heterocycles. The van der Waals surface area contributed by atoms with Crippen LogP contribution < -0.4 is 5.32 Å². The van der Waals surface area contributed by atoms with Crippen molar-refractivity contribution >= 4 is 0 Å². The predicted molar refractivity (Wildman–Crippen MR) is 47.1 cm³/mol. The minimum absolute atomic E-state index is 0.532. The lowest BCUT2D eigenvalue weighted by Crippen LogP contribution is -2.28. The summed E-state index contributed by atoms with van der Waals surface area (Å²) in [5, 5.41) is 3.26. The second kappa shape index (κ2) is 4.51. The lowest BCUT2D eigenvalue weighted by molar-refractivity contribution is 0.497. The van der Waals surface area contributed by atoms with Gasteiger partial charge in [-0.15, -0.1) is 0 Å². The average molecular weight is 141 g/mol. The zero-order valence-corrected chi connectivity index (χ0v) is 7.73. The second-order valence-corrected chi connectivity index (χ2v) is 3.30. The first-order valence-corrected chi connectivity index (χ1v) is 3.90. The Balaban J connectivity index is 3.96. The van der Waals surface area contributed by atoms with E-state index in [1.807, 2.05) is 7.05 Å². The molecule has 60 valence electrons. The van der Waals surface area contributed by atoms with E-state index >= 15 is 0 Å². The van der Waals surface area contributed by atoms with Crippen LogP contribution in [0.15, 0.2) is 11.6 Å². The van der Waals surface area contributed by atoms with Crippen LogP contribution in [-0.4, -0.2) is 13.1 Å². The van der Waals surface area contributed by atoms with Crippen LogP contribution in [0.25, 0.3) is 0 Å². The van der Waals surface area contributed by atoms with E-state index in [0.717, 1.165) is 0 Å². The monoisotopic (exact) mass is 141 g/mol. The molecule has 1 atom stereocenters. The Labute approximate surface area is 64.5 Å². The summed E-state index contributed by atoms with van der Waals surface area (Å²) in [6, 6.07) is 0.532. The molecule has 1 N–H and O–H groups in total. The molecule has 10 heavy (non-hydrogen) atoms. The molecule has 0 amide bonds. The van der Waals surface area contributed by atoms with Crippen molar-refractivity contribution in [2.24, 2.45) is 5.92 Å². The summed E-state index contributed by atoms with van der Waals surface area (Å²) in [5.74, 6) is 0.680. The fourth-order valence-corrected chi connectivity index (χ4v) is 0.968. The van der Waals surface area contributed by atoms with Crippen molar-refractivity contribution in [2.75, 3.05) is 7.05 Å².